The molecular formula is C16H13Cl2FN4. The average Bonchev–Trinajstić information content (AvgIpc) is 3.00. The fourth-order valence-corrected chi connectivity index (χ4v) is 2.93. The lowest BCUT2D eigenvalue weighted by Gasteiger charge is -2.19. The van der Waals surface area contributed by atoms with Crippen LogP contribution in [0, 0.1) is 17.1 Å². The van der Waals surface area contributed by atoms with Gasteiger partial charge in [-0.2, -0.15) is 5.26 Å². The molecule has 1 saturated heterocycles. The molecule has 0 amide bonds. The number of pyridine rings is 1. The molecule has 118 valence electrons. The molecule has 0 aliphatic carbocycles. The molecule has 23 heavy (non-hydrogen) atoms. The van der Waals surface area contributed by atoms with Gasteiger partial charge in [-0.1, -0.05) is 23.2 Å². The zero-order valence-corrected chi connectivity index (χ0v) is 13.6. The molecule has 0 saturated carbocycles. The van der Waals surface area contributed by atoms with Crippen LogP contribution in [0.1, 0.15) is 12.1 Å². The van der Waals surface area contributed by atoms with E-state index in [9.17, 15) is 4.39 Å². The van der Waals surface area contributed by atoms with Gasteiger partial charge in [0, 0.05) is 24.8 Å². The summed E-state index contributed by atoms with van der Waals surface area (Å²) in [6.07, 6.45) is 0.904. The lowest BCUT2D eigenvalue weighted by Crippen LogP contribution is -2.26. The van der Waals surface area contributed by atoms with Crippen LogP contribution in [-0.2, 0) is 0 Å². The minimum absolute atomic E-state index is 0.122. The maximum atomic E-state index is 13.2. The van der Waals surface area contributed by atoms with E-state index in [-0.39, 0.29) is 16.8 Å². The van der Waals surface area contributed by atoms with Crippen molar-refractivity contribution in [1.29, 1.82) is 5.26 Å². The molecule has 1 aliphatic rings. The van der Waals surface area contributed by atoms with Crippen LogP contribution < -0.4 is 10.2 Å². The van der Waals surface area contributed by atoms with Crippen LogP contribution in [0.5, 0.6) is 0 Å². The van der Waals surface area contributed by atoms with E-state index in [1.165, 1.54) is 6.07 Å². The molecular weight excluding hydrogens is 338 g/mol. The number of anilines is 2. The van der Waals surface area contributed by atoms with Crippen molar-refractivity contribution in [3.8, 4) is 6.07 Å². The summed E-state index contributed by atoms with van der Waals surface area (Å²) in [6.45, 7) is 1.58. The summed E-state index contributed by atoms with van der Waals surface area (Å²) in [4.78, 5) is 6.31. The number of aromatic nitrogens is 1. The summed E-state index contributed by atoms with van der Waals surface area (Å²) >= 11 is 11.7. The first-order valence-electron chi connectivity index (χ1n) is 7.10. The molecule has 2 heterocycles. The second-order valence-electron chi connectivity index (χ2n) is 5.31. The van der Waals surface area contributed by atoms with Gasteiger partial charge in [0.25, 0.3) is 0 Å². The Morgan fingerprint density at radius 1 is 1.26 bits per heavy atom. The number of nitriles is 1. The molecule has 1 aromatic heterocycles. The number of nitrogens with one attached hydrogen (secondary N) is 1. The Labute approximate surface area is 143 Å². The first kappa shape index (κ1) is 15.9. The molecule has 0 spiro atoms. The zero-order valence-electron chi connectivity index (χ0n) is 12.1. The van der Waals surface area contributed by atoms with Gasteiger partial charge >= 0.3 is 0 Å². The minimum atomic E-state index is -0.418. The summed E-state index contributed by atoms with van der Waals surface area (Å²) in [5.74, 6) is 0.202. The molecule has 0 radical (unpaired) electrons. The van der Waals surface area contributed by atoms with Crippen LogP contribution in [0.3, 0.4) is 0 Å². The van der Waals surface area contributed by atoms with Crippen molar-refractivity contribution in [3.63, 3.8) is 0 Å². The highest BCUT2D eigenvalue weighted by atomic mass is 35.5. The van der Waals surface area contributed by atoms with Gasteiger partial charge in [0.15, 0.2) is 5.69 Å². The smallest absolute Gasteiger partial charge is 0.161 e. The molecule has 1 unspecified atom stereocenters. The molecule has 1 N–H and O–H groups in total. The van der Waals surface area contributed by atoms with Crippen LogP contribution in [0.15, 0.2) is 30.3 Å². The normalized spacial score (nSPS) is 17.1. The van der Waals surface area contributed by atoms with E-state index in [1.807, 2.05) is 6.07 Å². The fourth-order valence-electron chi connectivity index (χ4n) is 2.60. The lowest BCUT2D eigenvalue weighted by molar-refractivity contribution is 0.628. The first-order chi connectivity index (χ1) is 11.1. The molecule has 4 nitrogen and oxygen atoms in total. The minimum Gasteiger partial charge on any atom is -0.369 e. The van der Waals surface area contributed by atoms with Crippen molar-refractivity contribution in [1.82, 2.24) is 4.98 Å². The number of benzene rings is 1. The van der Waals surface area contributed by atoms with E-state index >= 15 is 0 Å². The standard InChI is InChI=1S/C16H13Cl2FN4/c17-12-2-4-16(22-15(12)8-20)21-10-5-6-23(9-10)11-1-3-14(19)13(18)7-11/h1-4,7,10H,5-6,9H2,(H,21,22). The Kier molecular flexibility index (Phi) is 4.56. The number of rotatable bonds is 3. The quantitative estimate of drug-likeness (QED) is 0.905. The maximum Gasteiger partial charge on any atom is 0.161 e. The van der Waals surface area contributed by atoms with Gasteiger partial charge in [-0.3, -0.25) is 0 Å². The van der Waals surface area contributed by atoms with Gasteiger partial charge in [0.05, 0.1) is 10.0 Å². The summed E-state index contributed by atoms with van der Waals surface area (Å²) in [5.41, 5.74) is 1.10. The number of hydrogen-bond acceptors (Lipinski definition) is 4. The third-order valence-electron chi connectivity index (χ3n) is 3.76. The second-order valence-corrected chi connectivity index (χ2v) is 6.13. The molecule has 1 aromatic carbocycles. The van der Waals surface area contributed by atoms with E-state index in [2.05, 4.69) is 15.2 Å². The van der Waals surface area contributed by atoms with Crippen LogP contribution in [0.4, 0.5) is 15.9 Å². The van der Waals surface area contributed by atoms with Crippen molar-refractivity contribution in [2.75, 3.05) is 23.3 Å². The number of halogens is 3. The Hall–Kier alpha value is -2.03. The SMILES string of the molecule is N#Cc1nc(NC2CCN(c3ccc(F)c(Cl)c3)C2)ccc1Cl. The van der Waals surface area contributed by atoms with Gasteiger partial charge < -0.3 is 10.2 Å². The largest absolute Gasteiger partial charge is 0.369 e. The molecule has 0 bridgehead atoms. The van der Waals surface area contributed by atoms with E-state index in [1.54, 1.807) is 24.3 Å². The highest BCUT2D eigenvalue weighted by molar-refractivity contribution is 6.31. The fraction of sp³-hybridized carbons (Fsp3) is 0.250. The summed E-state index contributed by atoms with van der Waals surface area (Å²) in [6, 6.07) is 10.3. The lowest BCUT2D eigenvalue weighted by atomic mass is 10.2. The number of nitrogens with zero attached hydrogens (tertiary/aromatic N) is 3. The Balaban J connectivity index is 1.68. The highest BCUT2D eigenvalue weighted by Gasteiger charge is 2.23. The molecule has 7 heteroatoms. The average molecular weight is 351 g/mol. The van der Waals surface area contributed by atoms with Crippen molar-refractivity contribution in [2.45, 2.75) is 12.5 Å². The maximum absolute atomic E-state index is 13.2. The van der Waals surface area contributed by atoms with Crippen molar-refractivity contribution in [3.05, 3.63) is 51.9 Å². The van der Waals surface area contributed by atoms with Gasteiger partial charge in [0.1, 0.15) is 17.7 Å². The van der Waals surface area contributed by atoms with Gasteiger partial charge in [0.2, 0.25) is 0 Å². The Bertz CT molecular complexity index is 775. The predicted octanol–water partition coefficient (Wildman–Crippen LogP) is 4.09. The van der Waals surface area contributed by atoms with Gasteiger partial charge in [-0.15, -0.1) is 0 Å². The van der Waals surface area contributed by atoms with Crippen LogP contribution in [0.25, 0.3) is 0 Å². The number of hydrogen-bond donors (Lipinski definition) is 1. The topological polar surface area (TPSA) is 52.0 Å². The van der Waals surface area contributed by atoms with Gasteiger partial charge in [-0.05, 0) is 36.8 Å². The second kappa shape index (κ2) is 6.61. The van der Waals surface area contributed by atoms with Crippen LogP contribution in [-0.4, -0.2) is 24.1 Å². The summed E-state index contributed by atoms with van der Waals surface area (Å²) < 4.78 is 13.2. The van der Waals surface area contributed by atoms with Crippen molar-refractivity contribution >= 4 is 34.7 Å². The van der Waals surface area contributed by atoms with Crippen LogP contribution in [0.2, 0.25) is 10.0 Å². The molecule has 1 aliphatic heterocycles. The summed E-state index contributed by atoms with van der Waals surface area (Å²) in [5, 5.41) is 12.7. The molecule has 2 aromatic rings. The first-order valence-corrected chi connectivity index (χ1v) is 7.85. The highest BCUT2D eigenvalue weighted by Crippen LogP contribution is 2.26. The Morgan fingerprint density at radius 2 is 2.09 bits per heavy atom. The molecule has 3 rings (SSSR count). The van der Waals surface area contributed by atoms with E-state index in [4.69, 9.17) is 28.5 Å². The molecule has 1 atom stereocenters. The van der Waals surface area contributed by atoms with E-state index in [0.29, 0.717) is 10.8 Å². The monoisotopic (exact) mass is 350 g/mol. The third-order valence-corrected chi connectivity index (χ3v) is 4.36. The third kappa shape index (κ3) is 3.49. The van der Waals surface area contributed by atoms with Gasteiger partial charge in [-0.25, -0.2) is 9.37 Å². The van der Waals surface area contributed by atoms with Crippen molar-refractivity contribution in [2.24, 2.45) is 0 Å². The summed E-state index contributed by atoms with van der Waals surface area (Å²) in [7, 11) is 0. The predicted molar refractivity (Wildman–Crippen MR) is 89.6 cm³/mol. The Morgan fingerprint density at radius 3 is 2.83 bits per heavy atom. The zero-order chi connectivity index (χ0) is 16.4. The van der Waals surface area contributed by atoms with E-state index < -0.39 is 5.82 Å². The van der Waals surface area contributed by atoms with E-state index in [0.717, 1.165) is 25.2 Å². The molecule has 1 fully saturated rings. The van der Waals surface area contributed by atoms with Crippen molar-refractivity contribution < 1.29 is 4.39 Å². The van der Waals surface area contributed by atoms with Crippen LogP contribution >= 0.6 is 23.2 Å².